The molecule has 0 radical (unpaired) electrons. The summed E-state index contributed by atoms with van der Waals surface area (Å²) in [6.45, 7) is 0. The molecule has 1 aliphatic rings. The van der Waals surface area contributed by atoms with Crippen molar-refractivity contribution in [1.82, 2.24) is 9.38 Å². The highest BCUT2D eigenvalue weighted by atomic mass is 32.2. The highest BCUT2D eigenvalue weighted by Crippen LogP contribution is 2.26. The fraction of sp³-hybridized carbons (Fsp3) is 0.385. The molecule has 18 heavy (non-hydrogen) atoms. The zero-order valence-electron chi connectivity index (χ0n) is 9.87. The van der Waals surface area contributed by atoms with Crippen molar-refractivity contribution in [2.75, 3.05) is 11.5 Å². The Bertz CT molecular complexity index is 588. The first-order valence-electron chi connectivity index (χ1n) is 6.02. The first kappa shape index (κ1) is 11.6. The standard InChI is InChI=1S/C13H14N2O2S/c16-13(17)11-2-1-3-12-14-10(7-15(11)12)6-9-4-5-18-8-9/h1-3,7,9H,4-6,8H2,(H,16,17). The van der Waals surface area contributed by atoms with Gasteiger partial charge < -0.3 is 5.11 Å². The van der Waals surface area contributed by atoms with Crippen molar-refractivity contribution in [2.45, 2.75) is 12.8 Å². The lowest BCUT2D eigenvalue weighted by atomic mass is 10.0. The minimum absolute atomic E-state index is 0.270. The number of imidazole rings is 1. The second kappa shape index (κ2) is 4.65. The first-order chi connectivity index (χ1) is 8.74. The summed E-state index contributed by atoms with van der Waals surface area (Å²) in [7, 11) is 0. The molecule has 0 spiro atoms. The van der Waals surface area contributed by atoms with Crippen LogP contribution in [0.25, 0.3) is 5.65 Å². The van der Waals surface area contributed by atoms with Gasteiger partial charge in [0.1, 0.15) is 11.3 Å². The van der Waals surface area contributed by atoms with Crippen LogP contribution in [0.1, 0.15) is 22.6 Å². The molecule has 0 amide bonds. The number of aromatic carboxylic acids is 1. The summed E-state index contributed by atoms with van der Waals surface area (Å²) in [6.07, 6.45) is 4.06. The number of carboxylic acids is 1. The van der Waals surface area contributed by atoms with E-state index in [1.165, 1.54) is 17.9 Å². The first-order valence-corrected chi connectivity index (χ1v) is 7.17. The van der Waals surface area contributed by atoms with Gasteiger partial charge in [0.05, 0.1) is 5.69 Å². The topological polar surface area (TPSA) is 54.6 Å². The van der Waals surface area contributed by atoms with Crippen molar-refractivity contribution in [1.29, 1.82) is 0 Å². The molecule has 3 rings (SSSR count). The van der Waals surface area contributed by atoms with Crippen LogP contribution >= 0.6 is 11.8 Å². The number of carbonyl (C=O) groups is 1. The molecule has 2 aromatic rings. The minimum atomic E-state index is -0.916. The van der Waals surface area contributed by atoms with E-state index in [4.69, 9.17) is 5.11 Å². The number of nitrogens with zero attached hydrogens (tertiary/aromatic N) is 2. The fourth-order valence-corrected chi connectivity index (χ4v) is 3.66. The third-order valence-electron chi connectivity index (χ3n) is 3.28. The number of hydrogen-bond acceptors (Lipinski definition) is 3. The molecule has 94 valence electrons. The molecule has 1 aliphatic heterocycles. The van der Waals surface area contributed by atoms with Crippen molar-refractivity contribution in [3.05, 3.63) is 35.8 Å². The SMILES string of the molecule is O=C(O)c1cccc2nc(CC3CCSC3)cn12. The molecule has 4 nitrogen and oxygen atoms in total. The molecule has 1 atom stereocenters. The second-order valence-corrected chi connectivity index (χ2v) is 5.76. The van der Waals surface area contributed by atoms with Gasteiger partial charge in [-0.2, -0.15) is 11.8 Å². The van der Waals surface area contributed by atoms with E-state index >= 15 is 0 Å². The number of pyridine rings is 1. The van der Waals surface area contributed by atoms with Gasteiger partial charge in [-0.1, -0.05) is 6.07 Å². The molecule has 3 heterocycles. The fourth-order valence-electron chi connectivity index (χ4n) is 2.37. The Morgan fingerprint density at radius 1 is 1.56 bits per heavy atom. The zero-order chi connectivity index (χ0) is 12.5. The molecule has 1 saturated heterocycles. The molecule has 0 saturated carbocycles. The molecule has 5 heteroatoms. The lowest BCUT2D eigenvalue weighted by Gasteiger charge is -2.03. The van der Waals surface area contributed by atoms with E-state index in [0.717, 1.165) is 17.8 Å². The molecule has 1 fully saturated rings. The maximum absolute atomic E-state index is 11.1. The van der Waals surface area contributed by atoms with Gasteiger partial charge in [0.15, 0.2) is 0 Å². The lowest BCUT2D eigenvalue weighted by Crippen LogP contribution is -2.04. The number of carboxylic acid groups (broad SMARTS) is 1. The number of thioether (sulfide) groups is 1. The molecule has 1 N–H and O–H groups in total. The van der Waals surface area contributed by atoms with E-state index in [9.17, 15) is 4.79 Å². The van der Waals surface area contributed by atoms with E-state index in [2.05, 4.69) is 4.98 Å². The molecule has 0 bridgehead atoms. The Kier molecular flexibility index (Phi) is 2.99. The van der Waals surface area contributed by atoms with E-state index in [0.29, 0.717) is 5.92 Å². The smallest absolute Gasteiger partial charge is 0.352 e. The molecule has 1 unspecified atom stereocenters. The van der Waals surface area contributed by atoms with E-state index in [1.54, 1.807) is 16.5 Å². The van der Waals surface area contributed by atoms with Crippen LogP contribution in [-0.4, -0.2) is 32.0 Å². The summed E-state index contributed by atoms with van der Waals surface area (Å²) < 4.78 is 1.67. The van der Waals surface area contributed by atoms with Gasteiger partial charge >= 0.3 is 5.97 Å². The van der Waals surface area contributed by atoms with Crippen molar-refractivity contribution >= 4 is 23.4 Å². The van der Waals surface area contributed by atoms with Gasteiger partial charge in [-0.25, -0.2) is 9.78 Å². The van der Waals surface area contributed by atoms with Crippen molar-refractivity contribution < 1.29 is 9.90 Å². The van der Waals surface area contributed by atoms with Crippen LogP contribution in [0.4, 0.5) is 0 Å². The molecular weight excluding hydrogens is 248 g/mol. The zero-order valence-corrected chi connectivity index (χ0v) is 10.7. The Morgan fingerprint density at radius 3 is 3.17 bits per heavy atom. The predicted molar refractivity (Wildman–Crippen MR) is 71.3 cm³/mol. The Morgan fingerprint density at radius 2 is 2.44 bits per heavy atom. The summed E-state index contributed by atoms with van der Waals surface area (Å²) in [5, 5.41) is 9.12. The predicted octanol–water partition coefficient (Wildman–Crippen LogP) is 2.33. The Hall–Kier alpha value is -1.49. The van der Waals surface area contributed by atoms with Crippen LogP contribution in [0.15, 0.2) is 24.4 Å². The van der Waals surface area contributed by atoms with Gasteiger partial charge in [-0.05, 0) is 42.4 Å². The summed E-state index contributed by atoms with van der Waals surface area (Å²) in [5.41, 5.74) is 1.98. The quantitative estimate of drug-likeness (QED) is 0.922. The van der Waals surface area contributed by atoms with Crippen LogP contribution < -0.4 is 0 Å². The average Bonchev–Trinajstić information content (AvgIpc) is 2.96. The highest BCUT2D eigenvalue weighted by molar-refractivity contribution is 7.99. The monoisotopic (exact) mass is 262 g/mol. The van der Waals surface area contributed by atoms with Gasteiger partial charge in [0.2, 0.25) is 0 Å². The van der Waals surface area contributed by atoms with Gasteiger partial charge in [0.25, 0.3) is 0 Å². The van der Waals surface area contributed by atoms with E-state index < -0.39 is 5.97 Å². The normalized spacial score (nSPS) is 19.4. The lowest BCUT2D eigenvalue weighted by molar-refractivity contribution is 0.0689. The summed E-state index contributed by atoms with van der Waals surface area (Å²) in [6, 6.07) is 5.19. The third kappa shape index (κ3) is 2.10. The van der Waals surface area contributed by atoms with Crippen LogP contribution in [0.3, 0.4) is 0 Å². The molecule has 0 aromatic carbocycles. The van der Waals surface area contributed by atoms with Gasteiger partial charge in [-0.3, -0.25) is 4.40 Å². The summed E-state index contributed by atoms with van der Waals surface area (Å²) in [4.78, 5) is 15.6. The Labute approximate surface area is 109 Å². The maximum atomic E-state index is 11.1. The summed E-state index contributed by atoms with van der Waals surface area (Å²) in [5.74, 6) is 2.20. The molecular formula is C13H14N2O2S. The van der Waals surface area contributed by atoms with E-state index in [1.807, 2.05) is 24.0 Å². The van der Waals surface area contributed by atoms with Crippen molar-refractivity contribution in [3.63, 3.8) is 0 Å². The van der Waals surface area contributed by atoms with E-state index in [-0.39, 0.29) is 5.69 Å². The number of hydrogen-bond donors (Lipinski definition) is 1. The number of aromatic nitrogens is 2. The van der Waals surface area contributed by atoms with Crippen LogP contribution in [0.5, 0.6) is 0 Å². The van der Waals surface area contributed by atoms with Crippen molar-refractivity contribution in [3.8, 4) is 0 Å². The number of rotatable bonds is 3. The number of fused-ring (bicyclic) bond motifs is 1. The van der Waals surface area contributed by atoms with Gasteiger partial charge in [0, 0.05) is 6.20 Å². The molecule has 2 aromatic heterocycles. The second-order valence-electron chi connectivity index (χ2n) is 4.61. The highest BCUT2D eigenvalue weighted by Gasteiger charge is 2.18. The maximum Gasteiger partial charge on any atom is 0.352 e. The Balaban J connectivity index is 1.94. The largest absolute Gasteiger partial charge is 0.477 e. The van der Waals surface area contributed by atoms with Crippen molar-refractivity contribution in [2.24, 2.45) is 5.92 Å². The third-order valence-corrected chi connectivity index (χ3v) is 4.51. The van der Waals surface area contributed by atoms with Crippen LogP contribution in [0.2, 0.25) is 0 Å². The van der Waals surface area contributed by atoms with Gasteiger partial charge in [-0.15, -0.1) is 0 Å². The molecule has 0 aliphatic carbocycles. The summed E-state index contributed by atoms with van der Waals surface area (Å²) >= 11 is 1.99. The average molecular weight is 262 g/mol. The van der Waals surface area contributed by atoms with Crippen LogP contribution in [-0.2, 0) is 6.42 Å². The van der Waals surface area contributed by atoms with Crippen LogP contribution in [0, 0.1) is 5.92 Å². The minimum Gasteiger partial charge on any atom is -0.477 e.